The average molecular weight is 386 g/mol. The van der Waals surface area contributed by atoms with Crippen LogP contribution < -0.4 is 0 Å². The van der Waals surface area contributed by atoms with E-state index in [4.69, 9.17) is 5.11 Å². The fraction of sp³-hybridized carbons (Fsp3) is 0.625. The van der Waals surface area contributed by atoms with Crippen LogP contribution >= 0.6 is 0 Å². The van der Waals surface area contributed by atoms with Crippen molar-refractivity contribution >= 4 is 17.8 Å². The lowest BCUT2D eigenvalue weighted by Gasteiger charge is -2.27. The van der Waals surface area contributed by atoms with Gasteiger partial charge in [-0.2, -0.15) is 0 Å². The van der Waals surface area contributed by atoms with Crippen molar-refractivity contribution in [2.24, 2.45) is 11.8 Å². The van der Waals surface area contributed by atoms with Crippen molar-refractivity contribution in [1.29, 1.82) is 0 Å². The Labute approximate surface area is 169 Å². The predicted octanol–water partition coefficient (Wildman–Crippen LogP) is 5.63. The lowest BCUT2D eigenvalue weighted by atomic mass is 9.77. The van der Waals surface area contributed by atoms with Crippen LogP contribution in [-0.2, 0) is 22.4 Å². The van der Waals surface area contributed by atoms with E-state index >= 15 is 0 Å². The molecule has 1 saturated carbocycles. The third-order valence-corrected chi connectivity index (χ3v) is 6.06. The molecule has 2 rings (SSSR count). The van der Waals surface area contributed by atoms with E-state index in [1.54, 1.807) is 12.3 Å². The third-order valence-electron chi connectivity index (χ3n) is 6.06. The predicted molar refractivity (Wildman–Crippen MR) is 113 cm³/mol. The van der Waals surface area contributed by atoms with Crippen LogP contribution in [0.1, 0.15) is 88.5 Å². The summed E-state index contributed by atoms with van der Waals surface area (Å²) in [5.41, 5.74) is 2.98. The zero-order chi connectivity index (χ0) is 20.4. The molecule has 0 bridgehead atoms. The molecule has 1 aromatic heterocycles. The largest absolute Gasteiger partial charge is 0.478 e. The maximum atomic E-state index is 12.9. The number of Topliss-reactive ketones (excluding diaryl/α,β-unsaturated/α-hetero) is 1. The zero-order valence-electron chi connectivity index (χ0n) is 17.5. The Morgan fingerprint density at radius 1 is 1.18 bits per heavy atom. The normalized spacial score (nSPS) is 20.6. The number of pyridine rings is 1. The van der Waals surface area contributed by atoms with Crippen LogP contribution in [0.2, 0.25) is 0 Å². The summed E-state index contributed by atoms with van der Waals surface area (Å²) in [5.74, 6) is 0.318. The molecule has 2 atom stereocenters. The van der Waals surface area contributed by atoms with E-state index in [-0.39, 0.29) is 5.92 Å². The fourth-order valence-electron chi connectivity index (χ4n) is 4.44. The number of ketones is 1. The average Bonchev–Trinajstić information content (AvgIpc) is 2.66. The van der Waals surface area contributed by atoms with Gasteiger partial charge in [-0.05, 0) is 61.3 Å². The van der Waals surface area contributed by atoms with Gasteiger partial charge in [0.1, 0.15) is 5.78 Å². The molecule has 0 aromatic carbocycles. The molecule has 4 heteroatoms. The Hall–Kier alpha value is -1.97. The molecule has 2 unspecified atom stereocenters. The number of nitrogens with zero attached hydrogens (tertiary/aromatic N) is 1. The Balaban J connectivity index is 1.93. The van der Waals surface area contributed by atoms with E-state index in [9.17, 15) is 9.59 Å². The second-order valence-electron chi connectivity index (χ2n) is 7.99. The standard InChI is InChI=1S/C24H35NO3/c1-3-19-10-7-5-6-8-11-21(19)23(26)13-9-12-22-20(4-2)16-18(17-25-22)14-15-24(27)28/h14-17,19,21H,3-13H2,1-2H3,(H,27,28). The van der Waals surface area contributed by atoms with Crippen molar-refractivity contribution in [2.45, 2.75) is 84.5 Å². The number of aryl methyl sites for hydroxylation is 2. The van der Waals surface area contributed by atoms with Crippen molar-refractivity contribution < 1.29 is 14.7 Å². The van der Waals surface area contributed by atoms with Crippen molar-refractivity contribution in [3.05, 3.63) is 35.2 Å². The van der Waals surface area contributed by atoms with Crippen LogP contribution in [0, 0.1) is 11.8 Å². The molecule has 28 heavy (non-hydrogen) atoms. The zero-order valence-corrected chi connectivity index (χ0v) is 17.5. The van der Waals surface area contributed by atoms with Gasteiger partial charge in [0.15, 0.2) is 0 Å². The van der Waals surface area contributed by atoms with Gasteiger partial charge in [-0.3, -0.25) is 9.78 Å². The lowest BCUT2D eigenvalue weighted by Crippen LogP contribution is -2.25. The highest BCUT2D eigenvalue weighted by Gasteiger charge is 2.27. The first-order chi connectivity index (χ1) is 13.5. The number of aromatic nitrogens is 1. The van der Waals surface area contributed by atoms with E-state index in [1.165, 1.54) is 32.1 Å². The summed E-state index contributed by atoms with van der Waals surface area (Å²) in [6.45, 7) is 4.31. The van der Waals surface area contributed by atoms with E-state index in [0.29, 0.717) is 18.1 Å². The minimum absolute atomic E-state index is 0.257. The van der Waals surface area contributed by atoms with Crippen LogP contribution in [-0.4, -0.2) is 21.8 Å². The third kappa shape index (κ3) is 6.88. The second-order valence-corrected chi connectivity index (χ2v) is 7.99. The van der Waals surface area contributed by atoms with Gasteiger partial charge in [0.2, 0.25) is 0 Å². The van der Waals surface area contributed by atoms with Gasteiger partial charge in [-0.1, -0.05) is 46.0 Å². The first-order valence-corrected chi connectivity index (χ1v) is 11.0. The second kappa shape index (κ2) is 11.8. The van der Waals surface area contributed by atoms with E-state index in [0.717, 1.165) is 55.0 Å². The Morgan fingerprint density at radius 3 is 2.61 bits per heavy atom. The maximum absolute atomic E-state index is 12.9. The molecule has 0 radical (unpaired) electrons. The molecular formula is C24H35NO3. The summed E-state index contributed by atoms with van der Waals surface area (Å²) >= 11 is 0. The molecule has 1 aliphatic carbocycles. The van der Waals surface area contributed by atoms with Crippen molar-refractivity contribution in [1.82, 2.24) is 4.98 Å². The minimum Gasteiger partial charge on any atom is -0.478 e. The summed E-state index contributed by atoms with van der Waals surface area (Å²) in [4.78, 5) is 28.1. The van der Waals surface area contributed by atoms with Crippen molar-refractivity contribution in [3.63, 3.8) is 0 Å². The van der Waals surface area contributed by atoms with E-state index < -0.39 is 5.97 Å². The topological polar surface area (TPSA) is 67.3 Å². The molecule has 1 N–H and O–H groups in total. The van der Waals surface area contributed by atoms with Gasteiger partial charge in [0.25, 0.3) is 0 Å². The Kier molecular flexibility index (Phi) is 9.39. The minimum atomic E-state index is -0.958. The van der Waals surface area contributed by atoms with Gasteiger partial charge < -0.3 is 5.11 Å². The molecule has 1 aromatic rings. The first kappa shape index (κ1) is 22.3. The van der Waals surface area contributed by atoms with Crippen molar-refractivity contribution in [2.75, 3.05) is 0 Å². The lowest BCUT2D eigenvalue weighted by molar-refractivity contribution is -0.131. The van der Waals surface area contributed by atoms with E-state index in [1.807, 2.05) is 6.07 Å². The highest BCUT2D eigenvalue weighted by Crippen LogP contribution is 2.32. The Morgan fingerprint density at radius 2 is 1.93 bits per heavy atom. The number of hydrogen-bond donors (Lipinski definition) is 1. The fourth-order valence-corrected chi connectivity index (χ4v) is 4.44. The van der Waals surface area contributed by atoms with Crippen LogP contribution in [0.5, 0.6) is 0 Å². The summed E-state index contributed by atoms with van der Waals surface area (Å²) in [6, 6.07) is 2.01. The van der Waals surface area contributed by atoms with Gasteiger partial charge in [-0.25, -0.2) is 4.79 Å². The highest BCUT2D eigenvalue weighted by molar-refractivity contribution is 5.85. The van der Waals surface area contributed by atoms with Crippen LogP contribution in [0.3, 0.4) is 0 Å². The first-order valence-electron chi connectivity index (χ1n) is 11.0. The number of carbonyl (C=O) groups excluding carboxylic acids is 1. The maximum Gasteiger partial charge on any atom is 0.328 e. The molecule has 0 aliphatic heterocycles. The van der Waals surface area contributed by atoms with Crippen LogP contribution in [0.4, 0.5) is 0 Å². The Bertz CT molecular complexity index is 680. The monoisotopic (exact) mass is 385 g/mol. The smallest absolute Gasteiger partial charge is 0.328 e. The molecule has 1 aliphatic rings. The van der Waals surface area contributed by atoms with Gasteiger partial charge in [-0.15, -0.1) is 0 Å². The number of carboxylic acid groups (broad SMARTS) is 1. The summed E-state index contributed by atoms with van der Waals surface area (Å²) < 4.78 is 0. The molecule has 4 nitrogen and oxygen atoms in total. The molecular weight excluding hydrogens is 350 g/mol. The van der Waals surface area contributed by atoms with Gasteiger partial charge >= 0.3 is 5.97 Å². The molecule has 0 saturated heterocycles. The highest BCUT2D eigenvalue weighted by atomic mass is 16.4. The molecule has 1 heterocycles. The van der Waals surface area contributed by atoms with Gasteiger partial charge in [0.05, 0.1) is 0 Å². The summed E-state index contributed by atoms with van der Waals surface area (Å²) in [5, 5.41) is 8.76. The molecule has 0 spiro atoms. The number of aliphatic carboxylic acids is 1. The van der Waals surface area contributed by atoms with Gasteiger partial charge in [0, 0.05) is 30.3 Å². The molecule has 1 fully saturated rings. The number of rotatable bonds is 9. The summed E-state index contributed by atoms with van der Waals surface area (Å²) in [6.07, 6.45) is 16.0. The quantitative estimate of drug-likeness (QED) is 0.559. The number of carboxylic acids is 1. The molecule has 154 valence electrons. The van der Waals surface area contributed by atoms with Crippen LogP contribution in [0.25, 0.3) is 6.08 Å². The number of carbonyl (C=O) groups is 2. The van der Waals surface area contributed by atoms with Crippen molar-refractivity contribution in [3.8, 4) is 0 Å². The SMILES string of the molecule is CCc1cc(C=CC(=O)O)cnc1CCCC(=O)C1CCCCCCC1CC. The molecule has 0 amide bonds. The van der Waals surface area contributed by atoms with E-state index in [2.05, 4.69) is 18.8 Å². The summed E-state index contributed by atoms with van der Waals surface area (Å²) in [7, 11) is 0. The number of hydrogen-bond acceptors (Lipinski definition) is 3. The van der Waals surface area contributed by atoms with Crippen LogP contribution in [0.15, 0.2) is 18.3 Å².